The molecule has 96 valence electrons. The third-order valence-electron chi connectivity index (χ3n) is 3.00. The van der Waals surface area contributed by atoms with E-state index in [-0.39, 0.29) is 5.75 Å². The molecule has 0 fully saturated rings. The Kier molecular flexibility index (Phi) is 3.05. The highest BCUT2D eigenvalue weighted by atomic mass is 35.5. The fourth-order valence-corrected chi connectivity index (χ4v) is 2.26. The Morgan fingerprint density at radius 1 is 1.11 bits per heavy atom. The average molecular weight is 274 g/mol. The van der Waals surface area contributed by atoms with Crippen LogP contribution in [0.4, 0.5) is 0 Å². The number of phenolic OH excluding ortho intramolecular Hbond substituents is 1. The Hall–Kier alpha value is -2.13. The Balaban J connectivity index is 1.87. The summed E-state index contributed by atoms with van der Waals surface area (Å²) >= 11 is 6.10. The molecule has 4 heteroatoms. The summed E-state index contributed by atoms with van der Waals surface area (Å²) in [6.45, 7) is 0.373. The number of aromatic nitrogens is 1. The van der Waals surface area contributed by atoms with E-state index in [0.717, 1.165) is 16.5 Å². The molecule has 3 nitrogen and oxygen atoms in total. The van der Waals surface area contributed by atoms with Crippen LogP contribution >= 0.6 is 11.6 Å². The van der Waals surface area contributed by atoms with Crippen molar-refractivity contribution >= 4 is 22.5 Å². The highest BCUT2D eigenvalue weighted by Crippen LogP contribution is 2.28. The second-order valence-electron chi connectivity index (χ2n) is 4.23. The van der Waals surface area contributed by atoms with Gasteiger partial charge < -0.3 is 14.8 Å². The maximum absolute atomic E-state index is 9.64. The zero-order valence-electron chi connectivity index (χ0n) is 10.1. The summed E-state index contributed by atoms with van der Waals surface area (Å²) in [4.78, 5) is 3.13. The Bertz CT molecular complexity index is 721. The van der Waals surface area contributed by atoms with Crippen LogP contribution in [-0.2, 0) is 6.61 Å². The van der Waals surface area contributed by atoms with Crippen LogP contribution in [0.3, 0.4) is 0 Å². The number of rotatable bonds is 3. The van der Waals surface area contributed by atoms with Gasteiger partial charge >= 0.3 is 0 Å². The maximum Gasteiger partial charge on any atom is 0.161 e. The van der Waals surface area contributed by atoms with E-state index in [1.165, 1.54) is 0 Å². The van der Waals surface area contributed by atoms with Gasteiger partial charge in [0.05, 0.1) is 10.5 Å². The summed E-state index contributed by atoms with van der Waals surface area (Å²) in [5.74, 6) is 0.610. The first-order valence-corrected chi connectivity index (χ1v) is 6.29. The molecule has 1 heterocycles. The minimum Gasteiger partial charge on any atom is -0.504 e. The van der Waals surface area contributed by atoms with Crippen molar-refractivity contribution in [1.82, 2.24) is 4.98 Å². The summed E-state index contributed by atoms with van der Waals surface area (Å²) in [5, 5.41) is 11.4. The van der Waals surface area contributed by atoms with E-state index in [1.54, 1.807) is 18.2 Å². The van der Waals surface area contributed by atoms with Gasteiger partial charge in [0.25, 0.3) is 0 Å². The Morgan fingerprint density at radius 2 is 1.95 bits per heavy atom. The van der Waals surface area contributed by atoms with E-state index in [1.807, 2.05) is 30.5 Å². The lowest BCUT2D eigenvalue weighted by Crippen LogP contribution is -1.94. The normalized spacial score (nSPS) is 10.8. The first kappa shape index (κ1) is 11.9. The van der Waals surface area contributed by atoms with Gasteiger partial charge in [-0.15, -0.1) is 0 Å². The van der Waals surface area contributed by atoms with Crippen molar-refractivity contribution in [2.75, 3.05) is 0 Å². The molecule has 0 aliphatic heterocycles. The molecule has 0 radical (unpaired) electrons. The molecule has 0 unspecified atom stereocenters. The number of para-hydroxylation sites is 3. The van der Waals surface area contributed by atoms with E-state index >= 15 is 0 Å². The highest BCUT2D eigenvalue weighted by Gasteiger charge is 2.08. The zero-order valence-corrected chi connectivity index (χ0v) is 10.8. The predicted octanol–water partition coefficient (Wildman–Crippen LogP) is 4.11. The minimum absolute atomic E-state index is 0.139. The smallest absolute Gasteiger partial charge is 0.161 e. The van der Waals surface area contributed by atoms with Crippen LogP contribution < -0.4 is 4.74 Å². The quantitative estimate of drug-likeness (QED) is 0.754. The van der Waals surface area contributed by atoms with Crippen molar-refractivity contribution < 1.29 is 9.84 Å². The second kappa shape index (κ2) is 4.86. The van der Waals surface area contributed by atoms with E-state index < -0.39 is 0 Å². The largest absolute Gasteiger partial charge is 0.504 e. The fraction of sp³-hybridized carbons (Fsp3) is 0.0667. The molecule has 3 rings (SSSR count). The number of halogens is 1. The van der Waals surface area contributed by atoms with Crippen LogP contribution in [0, 0.1) is 0 Å². The molecular formula is C15H12ClNO2. The first-order chi connectivity index (χ1) is 9.25. The highest BCUT2D eigenvalue weighted by molar-refractivity contribution is 6.35. The SMILES string of the molecule is Oc1ccccc1OCc1c[nH]c2c(Cl)cccc12. The summed E-state index contributed by atoms with van der Waals surface area (Å²) in [6.07, 6.45) is 1.87. The van der Waals surface area contributed by atoms with E-state index in [4.69, 9.17) is 16.3 Å². The number of phenols is 1. The monoisotopic (exact) mass is 273 g/mol. The van der Waals surface area contributed by atoms with Gasteiger partial charge in [-0.3, -0.25) is 0 Å². The van der Waals surface area contributed by atoms with Gasteiger partial charge in [-0.05, 0) is 18.2 Å². The second-order valence-corrected chi connectivity index (χ2v) is 4.64. The van der Waals surface area contributed by atoms with Crippen LogP contribution in [0.15, 0.2) is 48.7 Å². The Labute approximate surface area is 115 Å². The van der Waals surface area contributed by atoms with Crippen molar-refractivity contribution in [1.29, 1.82) is 0 Å². The van der Waals surface area contributed by atoms with Crippen LogP contribution in [-0.4, -0.2) is 10.1 Å². The molecule has 0 spiro atoms. The third-order valence-corrected chi connectivity index (χ3v) is 3.31. The summed E-state index contributed by atoms with van der Waals surface area (Å²) in [7, 11) is 0. The van der Waals surface area contributed by atoms with Gasteiger partial charge in [-0.25, -0.2) is 0 Å². The van der Waals surface area contributed by atoms with Crippen molar-refractivity contribution in [3.8, 4) is 11.5 Å². The number of fused-ring (bicyclic) bond motifs is 1. The standard InChI is InChI=1S/C15H12ClNO2/c16-12-5-3-4-11-10(8-17-15(11)12)9-19-14-7-2-1-6-13(14)18/h1-8,17-18H,9H2. The fourth-order valence-electron chi connectivity index (χ4n) is 2.03. The first-order valence-electron chi connectivity index (χ1n) is 5.91. The minimum atomic E-state index is 0.139. The molecule has 0 atom stereocenters. The van der Waals surface area contributed by atoms with Crippen molar-refractivity contribution in [2.45, 2.75) is 6.61 Å². The maximum atomic E-state index is 9.64. The molecule has 2 aromatic carbocycles. The number of aromatic amines is 1. The predicted molar refractivity (Wildman–Crippen MR) is 75.7 cm³/mol. The van der Waals surface area contributed by atoms with E-state index in [2.05, 4.69) is 4.98 Å². The molecule has 19 heavy (non-hydrogen) atoms. The van der Waals surface area contributed by atoms with Crippen molar-refractivity contribution in [3.05, 3.63) is 59.2 Å². The molecular weight excluding hydrogens is 262 g/mol. The number of hydrogen-bond acceptors (Lipinski definition) is 2. The Morgan fingerprint density at radius 3 is 2.79 bits per heavy atom. The molecule has 0 aliphatic rings. The topological polar surface area (TPSA) is 45.2 Å². The third kappa shape index (κ3) is 2.25. The van der Waals surface area contributed by atoms with Crippen LogP contribution in [0.25, 0.3) is 10.9 Å². The lowest BCUT2D eigenvalue weighted by Gasteiger charge is -2.06. The van der Waals surface area contributed by atoms with Gasteiger partial charge in [0.1, 0.15) is 6.61 Å². The summed E-state index contributed by atoms with van der Waals surface area (Å²) in [5.41, 5.74) is 1.90. The van der Waals surface area contributed by atoms with Gasteiger partial charge in [-0.2, -0.15) is 0 Å². The van der Waals surface area contributed by atoms with Gasteiger partial charge in [0.2, 0.25) is 0 Å². The van der Waals surface area contributed by atoms with Gasteiger partial charge in [0.15, 0.2) is 11.5 Å². The average Bonchev–Trinajstić information content (AvgIpc) is 2.83. The molecule has 1 aromatic heterocycles. The number of ether oxygens (including phenoxy) is 1. The molecule has 2 N–H and O–H groups in total. The molecule has 3 aromatic rings. The molecule has 0 amide bonds. The number of nitrogens with one attached hydrogen (secondary N) is 1. The zero-order chi connectivity index (χ0) is 13.2. The lowest BCUT2D eigenvalue weighted by molar-refractivity contribution is 0.290. The van der Waals surface area contributed by atoms with Gasteiger partial charge in [-0.1, -0.05) is 35.9 Å². The molecule has 0 aliphatic carbocycles. The number of hydrogen-bond donors (Lipinski definition) is 2. The number of H-pyrrole nitrogens is 1. The molecule has 0 saturated heterocycles. The van der Waals surface area contributed by atoms with Crippen molar-refractivity contribution in [2.24, 2.45) is 0 Å². The van der Waals surface area contributed by atoms with Crippen LogP contribution in [0.2, 0.25) is 5.02 Å². The lowest BCUT2D eigenvalue weighted by atomic mass is 10.2. The number of aromatic hydroxyl groups is 1. The summed E-state index contributed by atoms with van der Waals surface area (Å²) < 4.78 is 5.62. The van der Waals surface area contributed by atoms with E-state index in [0.29, 0.717) is 17.4 Å². The van der Waals surface area contributed by atoms with Crippen LogP contribution in [0.5, 0.6) is 11.5 Å². The molecule has 0 saturated carbocycles. The van der Waals surface area contributed by atoms with E-state index in [9.17, 15) is 5.11 Å². The van der Waals surface area contributed by atoms with Crippen molar-refractivity contribution in [3.63, 3.8) is 0 Å². The molecule has 0 bridgehead atoms. The number of benzene rings is 2. The van der Waals surface area contributed by atoms with Crippen LogP contribution in [0.1, 0.15) is 5.56 Å². The summed E-state index contributed by atoms with van der Waals surface area (Å²) in [6, 6.07) is 12.6. The van der Waals surface area contributed by atoms with Gasteiger partial charge in [0, 0.05) is 17.1 Å².